The van der Waals surface area contributed by atoms with Crippen LogP contribution in [0.3, 0.4) is 0 Å². The summed E-state index contributed by atoms with van der Waals surface area (Å²) in [6.45, 7) is 3.21. The molecule has 0 saturated carbocycles. The topological polar surface area (TPSA) is 77.0 Å². The van der Waals surface area contributed by atoms with E-state index in [-0.39, 0.29) is 16.3 Å². The lowest BCUT2D eigenvalue weighted by Gasteiger charge is -2.35. The molecule has 36 heavy (non-hydrogen) atoms. The quantitative estimate of drug-likeness (QED) is 0.556. The van der Waals surface area contributed by atoms with E-state index >= 15 is 0 Å². The minimum Gasteiger partial charge on any atom is -0.324 e. The van der Waals surface area contributed by atoms with E-state index in [1.54, 1.807) is 11.0 Å². The van der Waals surface area contributed by atoms with Gasteiger partial charge in [0.05, 0.1) is 11.6 Å². The number of benzene rings is 2. The molecule has 3 aliphatic rings. The van der Waals surface area contributed by atoms with Crippen molar-refractivity contribution < 1.29 is 9.18 Å². The second kappa shape index (κ2) is 9.15. The lowest BCUT2D eigenvalue weighted by Crippen LogP contribution is -2.51. The first-order valence-corrected chi connectivity index (χ1v) is 12.4. The van der Waals surface area contributed by atoms with Gasteiger partial charge in [-0.1, -0.05) is 29.8 Å². The van der Waals surface area contributed by atoms with Crippen LogP contribution >= 0.6 is 11.6 Å². The van der Waals surface area contributed by atoms with Gasteiger partial charge >= 0.3 is 0 Å². The van der Waals surface area contributed by atoms with Crippen molar-refractivity contribution in [1.82, 2.24) is 14.9 Å². The highest BCUT2D eigenvalue weighted by molar-refractivity contribution is 6.38. The van der Waals surface area contributed by atoms with E-state index < -0.39 is 11.7 Å². The Kier molecular flexibility index (Phi) is 5.81. The minimum absolute atomic E-state index is 0.0210. The number of halogens is 2. The zero-order valence-corrected chi connectivity index (χ0v) is 20.5. The van der Waals surface area contributed by atoms with Gasteiger partial charge in [-0.2, -0.15) is 4.98 Å². The van der Waals surface area contributed by atoms with E-state index in [2.05, 4.69) is 44.4 Å². The van der Waals surface area contributed by atoms with Crippen molar-refractivity contribution in [2.45, 2.75) is 18.8 Å². The van der Waals surface area contributed by atoms with E-state index in [4.69, 9.17) is 11.6 Å². The Morgan fingerprint density at radius 2 is 1.86 bits per heavy atom. The summed E-state index contributed by atoms with van der Waals surface area (Å²) in [6, 6.07) is 12.7. The third kappa shape index (κ3) is 3.98. The molecule has 10 heteroatoms. The zero-order chi connectivity index (χ0) is 24.8. The summed E-state index contributed by atoms with van der Waals surface area (Å²) >= 11 is 6.28. The number of nitrogens with one attached hydrogen (secondary N) is 1. The number of guanidine groups is 1. The van der Waals surface area contributed by atoms with Crippen molar-refractivity contribution in [2.75, 3.05) is 48.3 Å². The molecular formula is C26H25ClFN7O. The van der Waals surface area contributed by atoms with Crippen LogP contribution in [0.2, 0.25) is 5.02 Å². The third-order valence-corrected chi connectivity index (χ3v) is 7.30. The number of nitrogens with zero attached hydrogens (tertiary/aromatic N) is 6. The van der Waals surface area contributed by atoms with Crippen molar-refractivity contribution in [1.29, 1.82) is 0 Å². The number of aromatic nitrogens is 2. The summed E-state index contributed by atoms with van der Waals surface area (Å²) in [5.41, 5.74) is 2.45. The molecule has 0 radical (unpaired) electrons. The average molecular weight is 506 g/mol. The van der Waals surface area contributed by atoms with Crippen LogP contribution in [-0.4, -0.2) is 60.0 Å². The Balaban J connectivity index is 1.27. The van der Waals surface area contributed by atoms with Crippen molar-refractivity contribution in [3.05, 3.63) is 70.6 Å². The molecule has 0 bridgehead atoms. The van der Waals surface area contributed by atoms with Crippen molar-refractivity contribution in [3.8, 4) is 0 Å². The Hall–Kier alpha value is -3.56. The van der Waals surface area contributed by atoms with Gasteiger partial charge in [0.2, 0.25) is 11.9 Å². The van der Waals surface area contributed by atoms with Crippen LogP contribution in [0.25, 0.3) is 0 Å². The first-order valence-electron chi connectivity index (χ1n) is 12.0. The van der Waals surface area contributed by atoms with Gasteiger partial charge in [-0.05, 0) is 68.7 Å². The fourth-order valence-electron chi connectivity index (χ4n) is 5.04. The van der Waals surface area contributed by atoms with Crippen molar-refractivity contribution in [2.24, 2.45) is 4.99 Å². The third-order valence-electron chi connectivity index (χ3n) is 6.99. The van der Waals surface area contributed by atoms with Crippen LogP contribution in [0.4, 0.5) is 27.5 Å². The van der Waals surface area contributed by atoms with Crippen molar-refractivity contribution >= 4 is 46.6 Å². The average Bonchev–Trinajstić information content (AvgIpc) is 3.37. The van der Waals surface area contributed by atoms with Gasteiger partial charge in [-0.3, -0.25) is 14.7 Å². The zero-order valence-electron chi connectivity index (χ0n) is 19.8. The van der Waals surface area contributed by atoms with Crippen LogP contribution in [0.1, 0.15) is 34.7 Å². The molecule has 184 valence electrons. The monoisotopic (exact) mass is 505 g/mol. The van der Waals surface area contributed by atoms with Crippen LogP contribution in [0.5, 0.6) is 0 Å². The number of amides is 1. The number of anilines is 4. The fraction of sp³-hybridized carbons (Fsp3) is 0.308. The number of fused-ring (bicyclic) bond motifs is 3. The molecule has 0 unspecified atom stereocenters. The molecule has 1 fully saturated rings. The Bertz CT molecular complexity index is 1330. The summed E-state index contributed by atoms with van der Waals surface area (Å²) in [7, 11) is 2.17. The number of hydrogen-bond donors (Lipinski definition) is 1. The molecule has 0 spiro atoms. The number of para-hydroxylation sites is 1. The van der Waals surface area contributed by atoms with E-state index in [9.17, 15) is 9.18 Å². The molecule has 1 N–H and O–H groups in total. The molecule has 6 rings (SSSR count). The van der Waals surface area contributed by atoms with Gasteiger partial charge in [0.1, 0.15) is 17.1 Å². The standard InChI is InChI=1S/C26H25ClFN7O/c1-33-12-9-17(10-13-33)16-5-7-18(8-6-16)31-25-30-15-19-23(32-25)34-14-11-29-26(34)35(24(19)36)22-20(27)3-2-4-21(22)28/h2-8,15,17H,9-14H2,1H3,(H,30,31,32). The largest absolute Gasteiger partial charge is 0.324 e. The van der Waals surface area contributed by atoms with Crippen LogP contribution in [0.15, 0.2) is 53.7 Å². The molecule has 0 atom stereocenters. The molecule has 0 aliphatic carbocycles. The molecular weight excluding hydrogens is 481 g/mol. The Labute approximate surface area is 213 Å². The van der Waals surface area contributed by atoms with Gasteiger partial charge in [-0.25, -0.2) is 14.3 Å². The first kappa shape index (κ1) is 22.9. The summed E-state index contributed by atoms with van der Waals surface area (Å²) < 4.78 is 14.7. The van der Waals surface area contributed by atoms with Gasteiger partial charge in [0.25, 0.3) is 5.91 Å². The maximum Gasteiger partial charge on any atom is 0.270 e. The molecule has 2 aromatic carbocycles. The Morgan fingerprint density at radius 3 is 2.61 bits per heavy atom. The lowest BCUT2D eigenvalue weighted by atomic mass is 9.89. The second-order valence-electron chi connectivity index (χ2n) is 9.30. The molecule has 1 aromatic heterocycles. The predicted molar refractivity (Wildman–Crippen MR) is 139 cm³/mol. The smallest absolute Gasteiger partial charge is 0.270 e. The minimum atomic E-state index is -0.600. The molecule has 4 heterocycles. The summed E-state index contributed by atoms with van der Waals surface area (Å²) in [5, 5.41) is 3.37. The number of carbonyl (C=O) groups excluding carboxylic acids is 1. The molecule has 8 nitrogen and oxygen atoms in total. The Morgan fingerprint density at radius 1 is 1.08 bits per heavy atom. The van der Waals surface area contributed by atoms with Gasteiger partial charge in [-0.15, -0.1) is 0 Å². The predicted octanol–water partition coefficient (Wildman–Crippen LogP) is 4.66. The number of carbonyl (C=O) groups is 1. The summed E-state index contributed by atoms with van der Waals surface area (Å²) in [4.78, 5) is 32.3. The van der Waals surface area contributed by atoms with E-state index in [1.807, 2.05) is 12.1 Å². The molecule has 3 aliphatic heterocycles. The highest BCUT2D eigenvalue weighted by Crippen LogP contribution is 2.37. The van der Waals surface area contributed by atoms with E-state index in [0.29, 0.717) is 36.7 Å². The number of likely N-dealkylation sites (tertiary alicyclic amines) is 1. The molecule has 1 saturated heterocycles. The first-order chi connectivity index (χ1) is 17.5. The van der Waals surface area contributed by atoms with Gasteiger partial charge in [0.15, 0.2) is 5.82 Å². The van der Waals surface area contributed by atoms with Crippen LogP contribution in [-0.2, 0) is 0 Å². The summed E-state index contributed by atoms with van der Waals surface area (Å²) in [5.74, 6) is 0.643. The molecule has 3 aromatic rings. The fourth-order valence-corrected chi connectivity index (χ4v) is 5.29. The second-order valence-corrected chi connectivity index (χ2v) is 9.71. The highest BCUT2D eigenvalue weighted by atomic mass is 35.5. The maximum atomic E-state index is 14.7. The number of piperidine rings is 1. The maximum absolute atomic E-state index is 14.7. The van der Waals surface area contributed by atoms with E-state index in [0.717, 1.165) is 18.8 Å². The normalized spacial score (nSPS) is 18.2. The number of rotatable bonds is 4. The van der Waals surface area contributed by atoms with E-state index in [1.165, 1.54) is 41.6 Å². The molecule has 1 amide bonds. The number of hydrogen-bond acceptors (Lipinski definition) is 7. The summed E-state index contributed by atoms with van der Waals surface area (Å²) in [6.07, 6.45) is 3.80. The number of aliphatic imine (C=N–C) groups is 1. The van der Waals surface area contributed by atoms with Crippen LogP contribution < -0.4 is 15.1 Å². The highest BCUT2D eigenvalue weighted by Gasteiger charge is 2.41. The van der Waals surface area contributed by atoms with Gasteiger partial charge in [0, 0.05) is 18.4 Å². The van der Waals surface area contributed by atoms with Gasteiger partial charge < -0.3 is 10.2 Å². The lowest BCUT2D eigenvalue weighted by molar-refractivity contribution is 0.0999. The van der Waals surface area contributed by atoms with Crippen molar-refractivity contribution in [3.63, 3.8) is 0 Å². The SMILES string of the molecule is CN1CCC(c2ccc(Nc3ncc4c(n3)N3CCN=C3N(c3c(F)cccc3Cl)C4=O)cc2)CC1. The van der Waals surface area contributed by atoms with Crippen LogP contribution in [0, 0.1) is 5.82 Å².